The Bertz CT molecular complexity index is 175. The van der Waals surface area contributed by atoms with Crippen molar-refractivity contribution in [1.82, 2.24) is 0 Å². The van der Waals surface area contributed by atoms with Gasteiger partial charge in [-0.2, -0.15) is 0 Å². The first-order valence-electron chi connectivity index (χ1n) is 3.98. The average Bonchev–Trinajstić information content (AvgIpc) is 1.80. The lowest BCUT2D eigenvalue weighted by Gasteiger charge is -1.88. The highest BCUT2D eigenvalue weighted by atomic mass is 32.5. The second-order valence-electron chi connectivity index (χ2n) is 2.38. The average molecular weight is 316 g/mol. The van der Waals surface area contributed by atoms with Crippen LogP contribution in [0.3, 0.4) is 0 Å². The van der Waals surface area contributed by atoms with Gasteiger partial charge in [0, 0.05) is 0 Å². The SMILES string of the molecule is C.CCCCC.OP(O)(O)=S.OP(O)(O)=S. The van der Waals surface area contributed by atoms with Gasteiger partial charge in [-0.15, -0.1) is 0 Å². The molecule has 6 nitrogen and oxygen atoms in total. The molecule has 0 rings (SSSR count). The fraction of sp³-hybridized carbons (Fsp3) is 1.00. The molecule has 0 amide bonds. The van der Waals surface area contributed by atoms with E-state index in [0.717, 1.165) is 0 Å². The molecule has 0 aromatic carbocycles. The van der Waals surface area contributed by atoms with E-state index in [0.29, 0.717) is 0 Å². The molecule has 10 heteroatoms. The van der Waals surface area contributed by atoms with Crippen LogP contribution in [0.4, 0.5) is 0 Å². The lowest BCUT2D eigenvalue weighted by molar-refractivity contribution is 0.361. The summed E-state index contributed by atoms with van der Waals surface area (Å²) in [5.74, 6) is 0. The number of hydrogen-bond donors (Lipinski definition) is 6. The minimum Gasteiger partial charge on any atom is -0.325 e. The molecule has 0 spiro atoms. The van der Waals surface area contributed by atoms with Gasteiger partial charge in [0.25, 0.3) is 0 Å². The van der Waals surface area contributed by atoms with Crippen LogP contribution in [0, 0.1) is 0 Å². The van der Waals surface area contributed by atoms with Crippen molar-refractivity contribution in [2.24, 2.45) is 0 Å². The van der Waals surface area contributed by atoms with Crippen molar-refractivity contribution in [3.8, 4) is 0 Å². The van der Waals surface area contributed by atoms with Gasteiger partial charge >= 0.3 is 13.4 Å². The zero-order valence-corrected chi connectivity index (χ0v) is 11.9. The second kappa shape index (κ2) is 14.1. The van der Waals surface area contributed by atoms with Crippen LogP contribution in [0.25, 0.3) is 0 Å². The van der Waals surface area contributed by atoms with Gasteiger partial charge in [-0.05, 0) is 23.6 Å². The number of unbranched alkanes of at least 4 members (excludes halogenated alkanes) is 2. The van der Waals surface area contributed by atoms with Crippen molar-refractivity contribution in [1.29, 1.82) is 0 Å². The molecule has 0 saturated carbocycles. The highest BCUT2D eigenvalue weighted by molar-refractivity contribution is 8.06. The Morgan fingerprint density at radius 2 is 0.875 bits per heavy atom. The predicted octanol–water partition coefficient (Wildman–Crippen LogP) is 1.21. The van der Waals surface area contributed by atoms with Crippen LogP contribution in [-0.4, -0.2) is 29.4 Å². The van der Waals surface area contributed by atoms with Crippen LogP contribution < -0.4 is 0 Å². The van der Waals surface area contributed by atoms with E-state index in [2.05, 4.69) is 37.5 Å². The van der Waals surface area contributed by atoms with Crippen molar-refractivity contribution in [2.45, 2.75) is 40.5 Å². The van der Waals surface area contributed by atoms with E-state index >= 15 is 0 Å². The monoisotopic (exact) mass is 316 g/mol. The second-order valence-corrected chi connectivity index (χ2v) is 7.37. The molecule has 0 aliphatic rings. The first kappa shape index (κ1) is 25.8. The van der Waals surface area contributed by atoms with Gasteiger partial charge in [-0.1, -0.05) is 40.5 Å². The quantitative estimate of drug-likeness (QED) is 0.420. The highest BCUT2D eigenvalue weighted by Crippen LogP contribution is 2.26. The Kier molecular flexibility index (Phi) is 22.8. The maximum absolute atomic E-state index is 7.56. The molecule has 0 radical (unpaired) electrons. The summed E-state index contributed by atoms with van der Waals surface area (Å²) in [5.41, 5.74) is 0. The van der Waals surface area contributed by atoms with Gasteiger partial charge < -0.3 is 29.4 Å². The zero-order chi connectivity index (χ0) is 13.1. The molecule has 0 aliphatic carbocycles. The molecule has 0 unspecified atom stereocenters. The highest BCUT2D eigenvalue weighted by Gasteiger charge is 1.92. The molecule has 0 aromatic heterocycles. The summed E-state index contributed by atoms with van der Waals surface area (Å²) in [6.07, 6.45) is 4.08. The van der Waals surface area contributed by atoms with E-state index in [1.807, 2.05) is 0 Å². The molecular weight excluding hydrogens is 294 g/mol. The summed E-state index contributed by atoms with van der Waals surface area (Å²) in [7, 11) is 0. The third-order valence-electron chi connectivity index (χ3n) is 0.707. The lowest BCUT2D eigenvalue weighted by Crippen LogP contribution is -1.65. The van der Waals surface area contributed by atoms with Crippen LogP contribution in [0.15, 0.2) is 0 Å². The number of hydrogen-bond acceptors (Lipinski definition) is 2. The Balaban J connectivity index is -0.0000000655. The first-order chi connectivity index (χ1) is 6.41. The predicted molar refractivity (Wildman–Crippen MR) is 73.8 cm³/mol. The van der Waals surface area contributed by atoms with Gasteiger partial charge in [-0.25, -0.2) is 0 Å². The summed E-state index contributed by atoms with van der Waals surface area (Å²) in [6.45, 7) is -3.19. The fourth-order valence-corrected chi connectivity index (χ4v) is 0.354. The molecule has 6 N–H and O–H groups in total. The Labute approximate surface area is 107 Å². The van der Waals surface area contributed by atoms with E-state index in [9.17, 15) is 0 Å². The van der Waals surface area contributed by atoms with Crippen LogP contribution >= 0.6 is 13.4 Å². The van der Waals surface area contributed by atoms with Crippen molar-refractivity contribution >= 4 is 37.1 Å². The molecule has 16 heavy (non-hydrogen) atoms. The summed E-state index contributed by atoms with van der Waals surface area (Å²) in [4.78, 5) is 45.3. The Hall–Kier alpha value is 1.06. The summed E-state index contributed by atoms with van der Waals surface area (Å²) < 4.78 is 0. The largest absolute Gasteiger partial charge is 0.325 e. The smallest absolute Gasteiger partial charge is 0.319 e. The summed E-state index contributed by atoms with van der Waals surface area (Å²) in [5, 5.41) is 0. The van der Waals surface area contributed by atoms with Crippen LogP contribution in [0.5, 0.6) is 0 Å². The first-order valence-corrected chi connectivity index (χ1v) is 9.30. The van der Waals surface area contributed by atoms with E-state index in [4.69, 9.17) is 29.4 Å². The molecule has 0 aliphatic heterocycles. The van der Waals surface area contributed by atoms with Crippen molar-refractivity contribution in [2.75, 3.05) is 0 Å². The fourth-order valence-electron chi connectivity index (χ4n) is 0.354. The van der Waals surface area contributed by atoms with Gasteiger partial charge in [0.05, 0.1) is 0 Å². The lowest BCUT2D eigenvalue weighted by atomic mass is 10.3. The molecular formula is C6H22O6P2S2. The standard InChI is InChI=1S/C5H12.CH4.2H3O3PS/c1-3-5-4-2;;2*1-4(2,3)5/h3-5H2,1-2H3;1H4;2*(H3,1,2,3,5). The minimum absolute atomic E-state index is 0. The number of rotatable bonds is 2. The molecule has 0 atom stereocenters. The Morgan fingerprint density at radius 3 is 0.875 bits per heavy atom. The summed E-state index contributed by atoms with van der Waals surface area (Å²) >= 11 is 7.21. The van der Waals surface area contributed by atoms with Crippen molar-refractivity contribution < 1.29 is 29.4 Å². The van der Waals surface area contributed by atoms with Gasteiger partial charge in [-0.3, -0.25) is 0 Å². The third-order valence-corrected chi connectivity index (χ3v) is 0.707. The molecule has 0 bridgehead atoms. The topological polar surface area (TPSA) is 121 Å². The van der Waals surface area contributed by atoms with E-state index < -0.39 is 13.4 Å². The minimum atomic E-state index is -3.81. The van der Waals surface area contributed by atoms with E-state index in [1.165, 1.54) is 19.3 Å². The van der Waals surface area contributed by atoms with E-state index in [-0.39, 0.29) is 7.43 Å². The van der Waals surface area contributed by atoms with Crippen LogP contribution in [-0.2, 0) is 23.6 Å². The summed E-state index contributed by atoms with van der Waals surface area (Å²) in [6, 6.07) is 0. The van der Waals surface area contributed by atoms with Gasteiger partial charge in [0.15, 0.2) is 0 Å². The maximum atomic E-state index is 7.56. The molecule has 0 fully saturated rings. The molecule has 104 valence electrons. The normalized spacial score (nSPS) is 10.0. The molecule has 0 aromatic rings. The van der Waals surface area contributed by atoms with Crippen molar-refractivity contribution in [3.63, 3.8) is 0 Å². The zero-order valence-electron chi connectivity index (χ0n) is 8.52. The Morgan fingerprint density at radius 1 is 0.750 bits per heavy atom. The van der Waals surface area contributed by atoms with Gasteiger partial charge in [0.1, 0.15) is 0 Å². The van der Waals surface area contributed by atoms with Crippen LogP contribution in [0.1, 0.15) is 40.5 Å². The van der Waals surface area contributed by atoms with Crippen LogP contribution in [0.2, 0.25) is 0 Å². The van der Waals surface area contributed by atoms with Crippen molar-refractivity contribution in [3.05, 3.63) is 0 Å². The van der Waals surface area contributed by atoms with E-state index in [1.54, 1.807) is 0 Å². The molecule has 0 saturated heterocycles. The molecule has 0 heterocycles. The third kappa shape index (κ3) is 318. The van der Waals surface area contributed by atoms with Gasteiger partial charge in [0.2, 0.25) is 0 Å². The maximum Gasteiger partial charge on any atom is 0.319 e.